The Bertz CT molecular complexity index is 452. The van der Waals surface area contributed by atoms with Crippen molar-refractivity contribution in [3.05, 3.63) is 29.8 Å². The lowest BCUT2D eigenvalue weighted by molar-refractivity contribution is -0.128. The van der Waals surface area contributed by atoms with Gasteiger partial charge in [-0.15, -0.1) is 12.4 Å². The summed E-state index contributed by atoms with van der Waals surface area (Å²) in [5.74, 6) is -0.322. The maximum Gasteiger partial charge on any atom is 0.242 e. The number of nitrogen functional groups attached to an aromatic ring is 1. The minimum absolute atomic E-state index is 0. The van der Waals surface area contributed by atoms with Gasteiger partial charge in [-0.1, -0.05) is 18.2 Å². The van der Waals surface area contributed by atoms with E-state index in [4.69, 9.17) is 5.73 Å². The van der Waals surface area contributed by atoms with Gasteiger partial charge in [-0.3, -0.25) is 9.59 Å². The number of likely N-dealkylation sites (N-methyl/N-ethyl adjacent to an activating group) is 1. The van der Waals surface area contributed by atoms with Crippen LogP contribution in [0.15, 0.2) is 24.3 Å². The van der Waals surface area contributed by atoms with Crippen molar-refractivity contribution >= 4 is 29.9 Å². The van der Waals surface area contributed by atoms with E-state index in [2.05, 4.69) is 10.6 Å². The third-order valence-electron chi connectivity index (χ3n) is 2.80. The predicted octanol–water partition coefficient (Wildman–Crippen LogP) is 1.26. The molecule has 112 valence electrons. The Morgan fingerprint density at radius 2 is 1.95 bits per heavy atom. The highest BCUT2D eigenvalue weighted by molar-refractivity contribution is 5.87. The average molecular weight is 300 g/mol. The second-order valence-electron chi connectivity index (χ2n) is 4.38. The minimum Gasteiger partial charge on any atom is -0.399 e. The van der Waals surface area contributed by atoms with Gasteiger partial charge in [0.25, 0.3) is 0 Å². The van der Waals surface area contributed by atoms with Crippen molar-refractivity contribution in [2.45, 2.75) is 32.7 Å². The van der Waals surface area contributed by atoms with Gasteiger partial charge in [0.1, 0.15) is 6.04 Å². The van der Waals surface area contributed by atoms with Crippen LogP contribution in [0.3, 0.4) is 0 Å². The summed E-state index contributed by atoms with van der Waals surface area (Å²) in [5.41, 5.74) is 7.43. The topological polar surface area (TPSA) is 84.2 Å². The zero-order valence-corrected chi connectivity index (χ0v) is 12.6. The van der Waals surface area contributed by atoms with Gasteiger partial charge < -0.3 is 16.4 Å². The standard InChI is InChI=1S/C14H21N3O2.ClH/c1-3-16-14(19)10(2)17-13(18)9-8-11-6-4-5-7-12(11)15;/h4-7,10H,3,8-9,15H2,1-2H3,(H,16,19)(H,17,18);1H. The number of carbonyl (C=O) groups excluding carboxylic acids is 2. The van der Waals surface area contributed by atoms with E-state index in [-0.39, 0.29) is 24.2 Å². The molecule has 0 aliphatic rings. The summed E-state index contributed by atoms with van der Waals surface area (Å²) >= 11 is 0. The van der Waals surface area contributed by atoms with Gasteiger partial charge in [-0.2, -0.15) is 0 Å². The molecule has 0 saturated carbocycles. The van der Waals surface area contributed by atoms with E-state index in [1.807, 2.05) is 31.2 Å². The zero-order valence-electron chi connectivity index (χ0n) is 11.8. The van der Waals surface area contributed by atoms with Crippen LogP contribution >= 0.6 is 12.4 Å². The molecule has 4 N–H and O–H groups in total. The Morgan fingerprint density at radius 1 is 1.30 bits per heavy atom. The number of aryl methyl sites for hydroxylation is 1. The lowest BCUT2D eigenvalue weighted by atomic mass is 10.1. The fraction of sp³-hybridized carbons (Fsp3) is 0.429. The second kappa shape index (κ2) is 9.20. The van der Waals surface area contributed by atoms with Crippen molar-refractivity contribution in [1.82, 2.24) is 10.6 Å². The van der Waals surface area contributed by atoms with E-state index in [0.717, 1.165) is 5.56 Å². The van der Waals surface area contributed by atoms with Gasteiger partial charge in [0.15, 0.2) is 0 Å². The smallest absolute Gasteiger partial charge is 0.242 e. The highest BCUT2D eigenvalue weighted by Crippen LogP contribution is 2.12. The predicted molar refractivity (Wildman–Crippen MR) is 82.7 cm³/mol. The molecule has 0 aliphatic heterocycles. The summed E-state index contributed by atoms with van der Waals surface area (Å²) in [4.78, 5) is 23.2. The number of rotatable bonds is 6. The van der Waals surface area contributed by atoms with Crippen LogP contribution in [0, 0.1) is 0 Å². The van der Waals surface area contributed by atoms with Gasteiger partial charge in [-0.05, 0) is 31.9 Å². The van der Waals surface area contributed by atoms with Crippen LogP contribution < -0.4 is 16.4 Å². The number of amides is 2. The molecule has 1 atom stereocenters. The number of hydrogen-bond donors (Lipinski definition) is 3. The fourth-order valence-electron chi connectivity index (χ4n) is 1.72. The fourth-order valence-corrected chi connectivity index (χ4v) is 1.72. The summed E-state index contributed by atoms with van der Waals surface area (Å²) in [5, 5.41) is 5.32. The lowest BCUT2D eigenvalue weighted by Gasteiger charge is -2.13. The van der Waals surface area contributed by atoms with E-state index in [0.29, 0.717) is 25.1 Å². The first kappa shape index (κ1) is 18.2. The van der Waals surface area contributed by atoms with Crippen LogP contribution in [0.25, 0.3) is 0 Å². The molecule has 0 spiro atoms. The largest absolute Gasteiger partial charge is 0.399 e. The van der Waals surface area contributed by atoms with E-state index < -0.39 is 6.04 Å². The van der Waals surface area contributed by atoms with Crippen molar-refractivity contribution < 1.29 is 9.59 Å². The van der Waals surface area contributed by atoms with Crippen molar-refractivity contribution in [2.24, 2.45) is 0 Å². The first-order valence-electron chi connectivity index (χ1n) is 6.45. The van der Waals surface area contributed by atoms with Crippen LogP contribution in [0.1, 0.15) is 25.8 Å². The molecular formula is C14H22ClN3O2. The minimum atomic E-state index is -0.513. The molecule has 0 radical (unpaired) electrons. The highest BCUT2D eigenvalue weighted by Gasteiger charge is 2.14. The molecule has 0 bridgehead atoms. The Kier molecular flexibility index (Phi) is 8.40. The van der Waals surface area contributed by atoms with Crippen LogP contribution in [0.5, 0.6) is 0 Å². The summed E-state index contributed by atoms with van der Waals surface area (Å²) < 4.78 is 0. The molecule has 0 aromatic heterocycles. The van der Waals surface area contributed by atoms with Gasteiger partial charge in [-0.25, -0.2) is 0 Å². The van der Waals surface area contributed by atoms with Crippen LogP contribution in [0.2, 0.25) is 0 Å². The van der Waals surface area contributed by atoms with E-state index >= 15 is 0 Å². The summed E-state index contributed by atoms with van der Waals surface area (Å²) in [6, 6.07) is 6.94. The Morgan fingerprint density at radius 3 is 2.55 bits per heavy atom. The molecule has 2 amide bonds. The van der Waals surface area contributed by atoms with E-state index in [1.54, 1.807) is 6.92 Å². The van der Waals surface area contributed by atoms with Crippen LogP contribution in [-0.4, -0.2) is 24.4 Å². The number of hydrogen-bond acceptors (Lipinski definition) is 3. The first-order chi connectivity index (χ1) is 9.04. The quantitative estimate of drug-likeness (QED) is 0.692. The molecule has 0 aliphatic carbocycles. The molecule has 1 aromatic rings. The zero-order chi connectivity index (χ0) is 14.3. The van der Waals surface area contributed by atoms with Crippen molar-refractivity contribution in [3.63, 3.8) is 0 Å². The first-order valence-corrected chi connectivity index (χ1v) is 6.45. The SMILES string of the molecule is CCNC(=O)C(C)NC(=O)CCc1ccccc1N.Cl. The van der Waals surface area contributed by atoms with Gasteiger partial charge in [0, 0.05) is 18.7 Å². The van der Waals surface area contributed by atoms with Crippen molar-refractivity contribution in [2.75, 3.05) is 12.3 Å². The number of nitrogens with one attached hydrogen (secondary N) is 2. The highest BCUT2D eigenvalue weighted by atomic mass is 35.5. The number of anilines is 1. The summed E-state index contributed by atoms with van der Waals surface area (Å²) in [7, 11) is 0. The normalized spacial score (nSPS) is 11.1. The molecule has 1 aromatic carbocycles. The molecular weight excluding hydrogens is 278 g/mol. The lowest BCUT2D eigenvalue weighted by Crippen LogP contribution is -2.44. The Hall–Kier alpha value is -1.75. The second-order valence-corrected chi connectivity index (χ2v) is 4.38. The van der Waals surface area contributed by atoms with Crippen LogP contribution in [0.4, 0.5) is 5.69 Å². The van der Waals surface area contributed by atoms with Gasteiger partial charge >= 0.3 is 0 Å². The van der Waals surface area contributed by atoms with Gasteiger partial charge in [0.05, 0.1) is 0 Å². The molecule has 20 heavy (non-hydrogen) atoms. The molecule has 1 unspecified atom stereocenters. The van der Waals surface area contributed by atoms with Gasteiger partial charge in [0.2, 0.25) is 11.8 Å². The van der Waals surface area contributed by atoms with Crippen LogP contribution in [-0.2, 0) is 16.0 Å². The third kappa shape index (κ3) is 5.93. The van der Waals surface area contributed by atoms with Crippen molar-refractivity contribution in [3.8, 4) is 0 Å². The molecule has 0 heterocycles. The Labute approximate surface area is 125 Å². The number of halogens is 1. The number of para-hydroxylation sites is 1. The summed E-state index contributed by atoms with van der Waals surface area (Å²) in [6.45, 7) is 4.06. The maximum atomic E-state index is 11.7. The van der Waals surface area contributed by atoms with Crippen molar-refractivity contribution in [1.29, 1.82) is 0 Å². The molecule has 0 fully saturated rings. The van der Waals surface area contributed by atoms with E-state index in [1.165, 1.54) is 0 Å². The molecule has 1 rings (SSSR count). The Balaban J connectivity index is 0.00000361. The third-order valence-corrected chi connectivity index (χ3v) is 2.80. The monoisotopic (exact) mass is 299 g/mol. The number of carbonyl (C=O) groups is 2. The summed E-state index contributed by atoms with van der Waals surface area (Å²) in [6.07, 6.45) is 0.887. The average Bonchev–Trinajstić information content (AvgIpc) is 2.38. The molecule has 6 heteroatoms. The van der Waals surface area contributed by atoms with E-state index in [9.17, 15) is 9.59 Å². The number of nitrogens with two attached hydrogens (primary N) is 1. The maximum absolute atomic E-state index is 11.7. The molecule has 0 saturated heterocycles. The number of benzene rings is 1. The molecule has 5 nitrogen and oxygen atoms in total.